The van der Waals surface area contributed by atoms with E-state index in [1.165, 1.54) is 0 Å². The summed E-state index contributed by atoms with van der Waals surface area (Å²) in [4.78, 5) is 18.2. The molecular formula is C17H20N6O2. The summed E-state index contributed by atoms with van der Waals surface area (Å²) >= 11 is 0. The summed E-state index contributed by atoms with van der Waals surface area (Å²) in [6, 6.07) is 10.7. The van der Waals surface area contributed by atoms with E-state index in [-0.39, 0.29) is 18.1 Å². The number of azo groups is 1. The average molecular weight is 340 g/mol. The van der Waals surface area contributed by atoms with Gasteiger partial charge in [0, 0.05) is 13.1 Å². The molecular weight excluding hydrogens is 320 g/mol. The largest absolute Gasteiger partial charge is 0.384 e. The third kappa shape index (κ3) is 4.30. The number of nitrogens with zero attached hydrogens (tertiary/aromatic N) is 4. The molecule has 0 spiro atoms. The summed E-state index contributed by atoms with van der Waals surface area (Å²) in [6.45, 7) is 2.40. The second-order valence-corrected chi connectivity index (χ2v) is 5.64. The number of hydrogen-bond acceptors (Lipinski definition) is 7. The maximum atomic E-state index is 12.4. The lowest BCUT2D eigenvalue weighted by molar-refractivity contribution is -0.134. The molecule has 1 aliphatic heterocycles. The molecule has 3 rings (SSSR count). The number of rotatable bonds is 4. The van der Waals surface area contributed by atoms with E-state index in [1.54, 1.807) is 17.0 Å². The molecule has 8 heteroatoms. The van der Waals surface area contributed by atoms with Gasteiger partial charge in [-0.05, 0) is 23.8 Å². The quantitative estimate of drug-likeness (QED) is 0.826. The molecule has 2 aromatic rings. The van der Waals surface area contributed by atoms with Crippen LogP contribution >= 0.6 is 0 Å². The first-order chi connectivity index (χ1) is 12.1. The lowest BCUT2D eigenvalue weighted by atomic mass is 10.1. The highest BCUT2D eigenvalue weighted by Gasteiger charge is 2.18. The van der Waals surface area contributed by atoms with Crippen molar-refractivity contribution in [2.75, 3.05) is 37.8 Å². The number of nitrogens with two attached hydrogens (primary N) is 2. The van der Waals surface area contributed by atoms with E-state index in [2.05, 4.69) is 15.2 Å². The molecule has 1 fully saturated rings. The Bertz CT molecular complexity index is 786. The smallest absolute Gasteiger partial charge is 0.227 e. The van der Waals surface area contributed by atoms with Gasteiger partial charge in [0.25, 0.3) is 0 Å². The molecule has 130 valence electrons. The van der Waals surface area contributed by atoms with Crippen LogP contribution in [0.2, 0.25) is 0 Å². The fraction of sp³-hybridized carbons (Fsp3) is 0.294. The maximum Gasteiger partial charge on any atom is 0.227 e. The fourth-order valence-corrected chi connectivity index (χ4v) is 2.52. The van der Waals surface area contributed by atoms with Crippen molar-refractivity contribution in [1.82, 2.24) is 9.88 Å². The number of benzene rings is 1. The molecule has 4 N–H and O–H groups in total. The molecule has 1 amide bonds. The molecule has 25 heavy (non-hydrogen) atoms. The number of aromatic nitrogens is 1. The Morgan fingerprint density at radius 1 is 1.08 bits per heavy atom. The van der Waals surface area contributed by atoms with Crippen LogP contribution in [0.25, 0.3) is 0 Å². The van der Waals surface area contributed by atoms with Crippen LogP contribution in [-0.4, -0.2) is 42.1 Å². The molecule has 0 radical (unpaired) electrons. The Morgan fingerprint density at radius 3 is 2.56 bits per heavy atom. The minimum Gasteiger partial charge on any atom is -0.384 e. The highest BCUT2D eigenvalue weighted by atomic mass is 16.5. The van der Waals surface area contributed by atoms with Crippen molar-refractivity contribution < 1.29 is 9.53 Å². The van der Waals surface area contributed by atoms with Gasteiger partial charge in [0.15, 0.2) is 5.82 Å². The van der Waals surface area contributed by atoms with Crippen molar-refractivity contribution in [3.05, 3.63) is 42.0 Å². The minimum atomic E-state index is 0.0552. The lowest BCUT2D eigenvalue weighted by Gasteiger charge is -2.27. The first-order valence-electron chi connectivity index (χ1n) is 8.00. The summed E-state index contributed by atoms with van der Waals surface area (Å²) in [5, 5.41) is 8.37. The van der Waals surface area contributed by atoms with E-state index in [1.807, 2.05) is 24.3 Å². The molecule has 0 atom stereocenters. The molecule has 8 nitrogen and oxygen atoms in total. The van der Waals surface area contributed by atoms with Gasteiger partial charge in [-0.3, -0.25) is 4.79 Å². The van der Waals surface area contributed by atoms with Crippen molar-refractivity contribution in [2.24, 2.45) is 10.2 Å². The highest BCUT2D eigenvalue weighted by Crippen LogP contribution is 2.26. The van der Waals surface area contributed by atoms with Crippen molar-refractivity contribution in [3.8, 4) is 0 Å². The number of amides is 1. The van der Waals surface area contributed by atoms with Crippen molar-refractivity contribution in [3.63, 3.8) is 0 Å². The van der Waals surface area contributed by atoms with Crippen LogP contribution in [0.3, 0.4) is 0 Å². The molecule has 1 aromatic carbocycles. The topological polar surface area (TPSA) is 119 Å². The van der Waals surface area contributed by atoms with Gasteiger partial charge in [-0.15, -0.1) is 5.11 Å². The van der Waals surface area contributed by atoms with Crippen LogP contribution in [0.15, 0.2) is 46.6 Å². The Morgan fingerprint density at radius 2 is 1.80 bits per heavy atom. The molecule has 0 bridgehead atoms. The second kappa shape index (κ2) is 7.71. The zero-order valence-corrected chi connectivity index (χ0v) is 13.8. The maximum absolute atomic E-state index is 12.4. The normalized spacial score (nSPS) is 14.8. The van der Waals surface area contributed by atoms with Gasteiger partial charge in [-0.1, -0.05) is 18.2 Å². The van der Waals surface area contributed by atoms with Crippen LogP contribution < -0.4 is 11.5 Å². The number of nitrogen functional groups attached to an aromatic ring is 2. The Hall–Kier alpha value is -3.00. The number of morpholine rings is 1. The third-order valence-electron chi connectivity index (χ3n) is 3.89. The van der Waals surface area contributed by atoms with Crippen molar-refractivity contribution >= 4 is 28.9 Å². The van der Waals surface area contributed by atoms with E-state index in [0.717, 1.165) is 5.56 Å². The van der Waals surface area contributed by atoms with Crippen LogP contribution in [0.4, 0.5) is 23.0 Å². The molecule has 1 saturated heterocycles. The van der Waals surface area contributed by atoms with Crippen LogP contribution in [0, 0.1) is 0 Å². The second-order valence-electron chi connectivity index (χ2n) is 5.64. The Labute approximate surface area is 145 Å². The highest BCUT2D eigenvalue weighted by molar-refractivity contribution is 5.80. The summed E-state index contributed by atoms with van der Waals surface area (Å²) in [6.07, 6.45) is 0.269. The third-order valence-corrected chi connectivity index (χ3v) is 3.89. The first-order valence-corrected chi connectivity index (χ1v) is 8.00. The number of anilines is 2. The lowest BCUT2D eigenvalue weighted by Crippen LogP contribution is -2.41. The first kappa shape index (κ1) is 16.8. The van der Waals surface area contributed by atoms with E-state index in [0.29, 0.717) is 43.5 Å². The standard InChI is InChI=1S/C17H20N6O2/c18-15-6-5-14(17(19)20-15)22-21-13-4-2-1-3-12(13)11-16(24)23-7-9-25-10-8-23/h1-6H,7-11H2,(H4,18,19,20). The van der Waals surface area contributed by atoms with Gasteiger partial charge in [-0.2, -0.15) is 5.11 Å². The zero-order chi connectivity index (χ0) is 17.6. The summed E-state index contributed by atoms with van der Waals surface area (Å²) < 4.78 is 5.28. The van der Waals surface area contributed by atoms with E-state index in [9.17, 15) is 4.79 Å². The van der Waals surface area contributed by atoms with Gasteiger partial charge in [0.05, 0.1) is 25.3 Å². The Kier molecular flexibility index (Phi) is 5.20. The van der Waals surface area contributed by atoms with Gasteiger partial charge in [0.2, 0.25) is 5.91 Å². The average Bonchev–Trinajstić information content (AvgIpc) is 2.63. The molecule has 0 saturated carbocycles. The SMILES string of the molecule is Nc1ccc(N=Nc2ccccc2CC(=O)N2CCOCC2)c(N)n1. The number of ether oxygens (including phenoxy) is 1. The fourth-order valence-electron chi connectivity index (χ4n) is 2.52. The summed E-state index contributed by atoms with van der Waals surface area (Å²) in [5.74, 6) is 0.596. The van der Waals surface area contributed by atoms with E-state index >= 15 is 0 Å². The van der Waals surface area contributed by atoms with Gasteiger partial charge in [-0.25, -0.2) is 4.98 Å². The molecule has 0 unspecified atom stereocenters. The summed E-state index contributed by atoms with van der Waals surface area (Å²) in [5.41, 5.74) is 13.2. The zero-order valence-electron chi connectivity index (χ0n) is 13.8. The van der Waals surface area contributed by atoms with E-state index in [4.69, 9.17) is 16.2 Å². The number of carbonyl (C=O) groups is 1. The molecule has 0 aliphatic carbocycles. The molecule has 1 aliphatic rings. The number of carbonyl (C=O) groups excluding carboxylic acids is 1. The van der Waals surface area contributed by atoms with Gasteiger partial charge in [0.1, 0.15) is 11.5 Å². The van der Waals surface area contributed by atoms with Crippen LogP contribution in [-0.2, 0) is 16.0 Å². The summed E-state index contributed by atoms with van der Waals surface area (Å²) in [7, 11) is 0. The predicted molar refractivity (Wildman–Crippen MR) is 94.8 cm³/mol. The van der Waals surface area contributed by atoms with Crippen molar-refractivity contribution in [2.45, 2.75) is 6.42 Å². The van der Waals surface area contributed by atoms with Gasteiger partial charge >= 0.3 is 0 Å². The van der Waals surface area contributed by atoms with Crippen LogP contribution in [0.1, 0.15) is 5.56 Å². The predicted octanol–water partition coefficient (Wildman–Crippen LogP) is 2.06. The minimum absolute atomic E-state index is 0.0552. The number of hydrogen-bond donors (Lipinski definition) is 2. The molecule has 2 heterocycles. The van der Waals surface area contributed by atoms with Gasteiger partial charge < -0.3 is 21.1 Å². The van der Waals surface area contributed by atoms with Crippen LogP contribution in [0.5, 0.6) is 0 Å². The molecule has 1 aromatic heterocycles. The number of pyridine rings is 1. The van der Waals surface area contributed by atoms with E-state index < -0.39 is 0 Å². The Balaban J connectivity index is 1.76. The van der Waals surface area contributed by atoms with Crippen molar-refractivity contribution in [1.29, 1.82) is 0 Å². The monoisotopic (exact) mass is 340 g/mol.